The number of aromatic nitrogens is 3. The lowest BCUT2D eigenvalue weighted by Crippen LogP contribution is -2.34. The molecule has 0 fully saturated rings. The minimum atomic E-state index is -3.34. The van der Waals surface area contributed by atoms with Gasteiger partial charge in [0.15, 0.2) is 5.65 Å². The Hall–Kier alpha value is -2.00. The maximum atomic E-state index is 12.4. The van der Waals surface area contributed by atoms with Crippen LogP contribution in [0.4, 0.5) is 0 Å². The van der Waals surface area contributed by atoms with Crippen molar-refractivity contribution in [1.29, 1.82) is 0 Å². The van der Waals surface area contributed by atoms with Crippen molar-refractivity contribution in [2.45, 2.75) is 13.8 Å². The summed E-state index contributed by atoms with van der Waals surface area (Å²) in [5.41, 5.74) is 2.50. The third-order valence-corrected chi connectivity index (χ3v) is 5.38. The first-order valence-corrected chi connectivity index (χ1v) is 8.73. The highest BCUT2D eigenvalue weighted by molar-refractivity contribution is 7.89. The van der Waals surface area contributed by atoms with Gasteiger partial charge in [-0.3, -0.25) is 9.48 Å². The molecule has 2 aromatic heterocycles. The lowest BCUT2D eigenvalue weighted by molar-refractivity contribution is 0.0957. The Morgan fingerprint density at radius 3 is 2.61 bits per heavy atom. The van der Waals surface area contributed by atoms with E-state index in [2.05, 4.69) is 15.4 Å². The number of pyridine rings is 1. The van der Waals surface area contributed by atoms with Gasteiger partial charge in [-0.05, 0) is 19.9 Å². The smallest absolute Gasteiger partial charge is 0.252 e. The van der Waals surface area contributed by atoms with Crippen LogP contribution in [0.15, 0.2) is 6.07 Å². The lowest BCUT2D eigenvalue weighted by Gasteiger charge is -2.12. The standard InChI is InChI=1S/C14H21N5O3S/c1-9-8-11(12-10(2)17-19(5)13(12)16-9)14(20)15-6-7-23(21,22)18(3)4/h8H,6-7H2,1-5H3,(H,15,20). The number of carbonyl (C=O) groups is 1. The normalized spacial score (nSPS) is 12.1. The van der Waals surface area contributed by atoms with Crippen molar-refractivity contribution in [3.8, 4) is 0 Å². The molecule has 2 rings (SSSR count). The number of fused-ring (bicyclic) bond motifs is 1. The van der Waals surface area contributed by atoms with Crippen molar-refractivity contribution in [2.24, 2.45) is 7.05 Å². The first-order valence-electron chi connectivity index (χ1n) is 7.13. The van der Waals surface area contributed by atoms with Crippen molar-refractivity contribution < 1.29 is 13.2 Å². The first kappa shape index (κ1) is 17.4. The van der Waals surface area contributed by atoms with Crippen molar-refractivity contribution in [3.63, 3.8) is 0 Å². The van der Waals surface area contributed by atoms with Gasteiger partial charge in [-0.15, -0.1) is 0 Å². The molecule has 2 aromatic rings. The van der Waals surface area contributed by atoms with E-state index in [1.807, 2.05) is 6.92 Å². The molecule has 1 N–H and O–H groups in total. The fourth-order valence-electron chi connectivity index (χ4n) is 2.32. The third kappa shape index (κ3) is 3.50. The SMILES string of the molecule is Cc1cc(C(=O)NCCS(=O)(=O)N(C)C)c2c(C)nn(C)c2n1. The number of rotatable bonds is 5. The number of amides is 1. The zero-order chi connectivity index (χ0) is 17.4. The second-order valence-corrected chi connectivity index (χ2v) is 7.88. The molecule has 2 heterocycles. The highest BCUT2D eigenvalue weighted by Crippen LogP contribution is 2.21. The number of hydrogen-bond donors (Lipinski definition) is 1. The molecular formula is C14H21N5O3S. The van der Waals surface area contributed by atoms with Gasteiger partial charge in [-0.25, -0.2) is 17.7 Å². The van der Waals surface area contributed by atoms with Gasteiger partial charge in [0, 0.05) is 33.4 Å². The predicted octanol–water partition coefficient (Wildman–Crippen LogP) is 0.206. The molecule has 0 unspecified atom stereocenters. The van der Waals surface area contributed by atoms with Crippen LogP contribution in [0.25, 0.3) is 11.0 Å². The minimum absolute atomic E-state index is 0.0432. The first-order chi connectivity index (χ1) is 10.6. The van der Waals surface area contributed by atoms with Gasteiger partial charge in [-0.2, -0.15) is 5.10 Å². The van der Waals surface area contributed by atoms with Gasteiger partial charge in [0.05, 0.1) is 22.4 Å². The Bertz CT molecular complexity index is 855. The summed E-state index contributed by atoms with van der Waals surface area (Å²) in [4.78, 5) is 16.8. The number of aryl methyl sites for hydroxylation is 3. The van der Waals surface area contributed by atoms with Crippen LogP contribution in [0.1, 0.15) is 21.7 Å². The average Bonchev–Trinajstić information content (AvgIpc) is 2.72. The second kappa shape index (κ2) is 6.25. The summed E-state index contributed by atoms with van der Waals surface area (Å²) in [5.74, 6) is -0.476. The van der Waals surface area contributed by atoms with Gasteiger partial charge < -0.3 is 5.32 Å². The highest BCUT2D eigenvalue weighted by Gasteiger charge is 2.19. The fraction of sp³-hybridized carbons (Fsp3) is 0.500. The molecule has 8 nitrogen and oxygen atoms in total. The summed E-state index contributed by atoms with van der Waals surface area (Å²) < 4.78 is 26.2. The predicted molar refractivity (Wildman–Crippen MR) is 87.8 cm³/mol. The molecule has 0 aromatic carbocycles. The van der Waals surface area contributed by atoms with E-state index >= 15 is 0 Å². The van der Waals surface area contributed by atoms with Gasteiger partial charge in [0.25, 0.3) is 5.91 Å². The van der Waals surface area contributed by atoms with Crippen molar-refractivity contribution in [3.05, 3.63) is 23.0 Å². The molecule has 1 amide bonds. The van der Waals surface area contributed by atoms with E-state index in [-0.39, 0.29) is 18.2 Å². The summed E-state index contributed by atoms with van der Waals surface area (Å²) in [5, 5.41) is 7.63. The Morgan fingerprint density at radius 2 is 2.00 bits per heavy atom. The molecule has 0 radical (unpaired) electrons. The van der Waals surface area contributed by atoms with E-state index in [4.69, 9.17) is 0 Å². The quantitative estimate of drug-likeness (QED) is 0.840. The summed E-state index contributed by atoms with van der Waals surface area (Å²) >= 11 is 0. The third-order valence-electron chi connectivity index (χ3n) is 3.54. The second-order valence-electron chi connectivity index (χ2n) is 5.57. The van der Waals surface area contributed by atoms with Crippen molar-refractivity contribution >= 4 is 27.0 Å². The summed E-state index contributed by atoms with van der Waals surface area (Å²) in [7, 11) is 1.36. The van der Waals surface area contributed by atoms with Crippen LogP contribution in [0, 0.1) is 13.8 Å². The van der Waals surface area contributed by atoms with Crippen LogP contribution in [0.2, 0.25) is 0 Å². The Kier molecular flexibility index (Phi) is 4.71. The molecule has 0 aliphatic heterocycles. The summed E-state index contributed by atoms with van der Waals surface area (Å²) in [6, 6.07) is 1.69. The van der Waals surface area contributed by atoms with Crippen LogP contribution in [-0.2, 0) is 17.1 Å². The molecule has 0 aliphatic rings. The monoisotopic (exact) mass is 339 g/mol. The molecular weight excluding hydrogens is 318 g/mol. The summed E-state index contributed by atoms with van der Waals surface area (Å²) in [6.07, 6.45) is 0. The topological polar surface area (TPSA) is 97.2 Å². The van der Waals surface area contributed by atoms with E-state index in [0.29, 0.717) is 28.0 Å². The molecule has 0 spiro atoms. The van der Waals surface area contributed by atoms with Crippen LogP contribution in [0.3, 0.4) is 0 Å². The van der Waals surface area contributed by atoms with E-state index in [1.54, 1.807) is 24.7 Å². The Balaban J connectivity index is 2.25. The number of nitrogens with zero attached hydrogens (tertiary/aromatic N) is 4. The zero-order valence-corrected chi connectivity index (χ0v) is 14.7. The maximum absolute atomic E-state index is 12.4. The Labute approximate surface area is 135 Å². The largest absolute Gasteiger partial charge is 0.351 e. The van der Waals surface area contributed by atoms with E-state index in [9.17, 15) is 13.2 Å². The highest BCUT2D eigenvalue weighted by atomic mass is 32.2. The van der Waals surface area contributed by atoms with Gasteiger partial charge in [0.2, 0.25) is 10.0 Å². The van der Waals surface area contributed by atoms with Crippen molar-refractivity contribution in [1.82, 2.24) is 24.4 Å². The Morgan fingerprint density at radius 1 is 1.35 bits per heavy atom. The van der Waals surface area contributed by atoms with Crippen LogP contribution in [0.5, 0.6) is 0 Å². The molecule has 0 bridgehead atoms. The average molecular weight is 339 g/mol. The maximum Gasteiger partial charge on any atom is 0.252 e. The van der Waals surface area contributed by atoms with E-state index in [0.717, 1.165) is 4.31 Å². The molecule has 23 heavy (non-hydrogen) atoms. The number of nitrogens with one attached hydrogen (secondary N) is 1. The van der Waals surface area contributed by atoms with Gasteiger partial charge in [0.1, 0.15) is 0 Å². The van der Waals surface area contributed by atoms with Crippen LogP contribution in [-0.4, -0.2) is 59.8 Å². The van der Waals surface area contributed by atoms with Crippen LogP contribution < -0.4 is 5.32 Å². The molecule has 9 heteroatoms. The fourth-order valence-corrected chi connectivity index (χ4v) is 3.05. The zero-order valence-electron chi connectivity index (χ0n) is 13.9. The lowest BCUT2D eigenvalue weighted by atomic mass is 10.1. The molecule has 0 saturated heterocycles. The van der Waals surface area contributed by atoms with E-state index in [1.165, 1.54) is 14.1 Å². The van der Waals surface area contributed by atoms with Gasteiger partial charge in [-0.1, -0.05) is 0 Å². The van der Waals surface area contributed by atoms with Crippen molar-refractivity contribution in [2.75, 3.05) is 26.4 Å². The molecule has 0 aliphatic carbocycles. The number of sulfonamides is 1. The molecule has 0 saturated carbocycles. The minimum Gasteiger partial charge on any atom is -0.351 e. The summed E-state index contributed by atoms with van der Waals surface area (Å²) in [6.45, 7) is 3.66. The van der Waals surface area contributed by atoms with E-state index < -0.39 is 10.0 Å². The van der Waals surface area contributed by atoms with Crippen LogP contribution >= 0.6 is 0 Å². The molecule has 126 valence electrons. The number of hydrogen-bond acceptors (Lipinski definition) is 5. The molecule has 0 atom stereocenters. The number of carbonyl (C=O) groups excluding carboxylic acids is 1. The van der Waals surface area contributed by atoms with Gasteiger partial charge >= 0.3 is 0 Å².